The number of nitrogens with two attached hydrogens (primary N) is 1. The third-order valence-corrected chi connectivity index (χ3v) is 3.73. The first-order valence-electron chi connectivity index (χ1n) is 8.10. The summed E-state index contributed by atoms with van der Waals surface area (Å²) in [5, 5.41) is 9.93. The quantitative estimate of drug-likeness (QED) is 0.587. The van der Waals surface area contributed by atoms with Crippen LogP contribution < -0.4 is 16.4 Å². The van der Waals surface area contributed by atoms with Crippen LogP contribution >= 0.6 is 0 Å². The Morgan fingerprint density at radius 3 is 2.78 bits per heavy atom. The van der Waals surface area contributed by atoms with Crippen molar-refractivity contribution in [3.8, 4) is 0 Å². The summed E-state index contributed by atoms with van der Waals surface area (Å²) in [5.74, 6) is -1.77. The number of primary amides is 1. The Morgan fingerprint density at radius 2 is 2.11 bits per heavy atom. The van der Waals surface area contributed by atoms with Gasteiger partial charge in [0, 0.05) is 37.1 Å². The normalized spacial score (nSPS) is 10.6. The highest BCUT2D eigenvalue weighted by Gasteiger charge is 2.13. The average molecular weight is 373 g/mol. The van der Waals surface area contributed by atoms with Gasteiger partial charge in [0.05, 0.1) is 17.4 Å². The lowest BCUT2D eigenvalue weighted by atomic mass is 10.2. The number of nitrogens with zero attached hydrogens (tertiary/aromatic N) is 4. The van der Waals surface area contributed by atoms with E-state index in [4.69, 9.17) is 5.73 Å². The average Bonchev–Trinajstić information content (AvgIpc) is 3.08. The smallest absolute Gasteiger partial charge is 0.254 e. The monoisotopic (exact) mass is 373 g/mol. The molecule has 3 rings (SSSR count). The molecule has 4 N–H and O–H groups in total. The molecule has 0 spiro atoms. The van der Waals surface area contributed by atoms with Crippen molar-refractivity contribution in [1.82, 2.24) is 19.7 Å². The minimum Gasteiger partial charge on any atom is -0.365 e. The van der Waals surface area contributed by atoms with Gasteiger partial charge < -0.3 is 16.4 Å². The summed E-state index contributed by atoms with van der Waals surface area (Å²) < 4.78 is 28.5. The predicted molar refractivity (Wildman–Crippen MR) is 95.4 cm³/mol. The van der Waals surface area contributed by atoms with Crippen LogP contribution in [0.4, 0.5) is 26.2 Å². The van der Waals surface area contributed by atoms with Crippen LogP contribution in [-0.4, -0.2) is 25.7 Å². The van der Waals surface area contributed by atoms with Crippen LogP contribution in [0.25, 0.3) is 0 Å². The van der Waals surface area contributed by atoms with Gasteiger partial charge in [-0.25, -0.2) is 13.8 Å². The Kier molecular flexibility index (Phi) is 5.25. The number of rotatable bonds is 7. The minimum atomic E-state index is -0.734. The molecule has 0 saturated heterocycles. The molecule has 27 heavy (non-hydrogen) atoms. The second-order valence-electron chi connectivity index (χ2n) is 5.62. The third kappa shape index (κ3) is 4.35. The van der Waals surface area contributed by atoms with Crippen molar-refractivity contribution in [2.45, 2.75) is 20.0 Å². The van der Waals surface area contributed by atoms with Crippen molar-refractivity contribution in [1.29, 1.82) is 0 Å². The third-order valence-electron chi connectivity index (χ3n) is 3.73. The standard InChI is InChI=1S/C17H17F2N7O/c1-2-26-9-12(7-23-26)24-17-22-8-13(15(20)27)16(25-17)21-6-10-3-4-11(18)5-14(10)19/h3-5,7-9H,2,6H2,1H3,(H2,20,27)(H2,21,22,24,25). The number of anilines is 3. The van der Waals surface area contributed by atoms with E-state index in [1.54, 1.807) is 17.1 Å². The first-order valence-corrected chi connectivity index (χ1v) is 8.10. The van der Waals surface area contributed by atoms with Crippen LogP contribution in [0.1, 0.15) is 22.8 Å². The number of carbonyl (C=O) groups is 1. The number of nitrogens with one attached hydrogen (secondary N) is 2. The zero-order chi connectivity index (χ0) is 19.4. The molecule has 0 aliphatic rings. The fourth-order valence-corrected chi connectivity index (χ4v) is 2.33. The Hall–Kier alpha value is -3.56. The first-order chi connectivity index (χ1) is 13.0. The maximum atomic E-state index is 13.8. The lowest BCUT2D eigenvalue weighted by Gasteiger charge is -2.11. The van der Waals surface area contributed by atoms with Crippen molar-refractivity contribution < 1.29 is 13.6 Å². The summed E-state index contributed by atoms with van der Waals surface area (Å²) in [5.41, 5.74) is 6.27. The van der Waals surface area contributed by atoms with Crippen LogP contribution in [0.3, 0.4) is 0 Å². The van der Waals surface area contributed by atoms with Crippen molar-refractivity contribution in [3.05, 3.63) is 59.6 Å². The highest BCUT2D eigenvalue weighted by Crippen LogP contribution is 2.19. The molecule has 0 bridgehead atoms. The second kappa shape index (κ2) is 7.77. The van der Waals surface area contributed by atoms with E-state index in [-0.39, 0.29) is 29.4 Å². The zero-order valence-electron chi connectivity index (χ0n) is 14.4. The molecule has 0 atom stereocenters. The van der Waals surface area contributed by atoms with Crippen LogP contribution in [0, 0.1) is 11.6 Å². The molecular weight excluding hydrogens is 356 g/mol. The molecule has 2 aromatic heterocycles. The fraction of sp³-hybridized carbons (Fsp3) is 0.176. The topological polar surface area (TPSA) is 111 Å². The van der Waals surface area contributed by atoms with Gasteiger partial charge in [0.1, 0.15) is 17.5 Å². The SMILES string of the molecule is CCn1cc(Nc2ncc(C(N)=O)c(NCc3ccc(F)cc3F)n2)cn1. The molecule has 0 fully saturated rings. The number of halogens is 2. The van der Waals surface area contributed by atoms with Crippen molar-refractivity contribution in [3.63, 3.8) is 0 Å². The predicted octanol–water partition coefficient (Wildman–Crippen LogP) is 2.43. The summed E-state index contributed by atoms with van der Waals surface area (Å²) in [6.07, 6.45) is 4.65. The molecule has 140 valence electrons. The van der Waals surface area contributed by atoms with Gasteiger partial charge in [-0.15, -0.1) is 0 Å². The summed E-state index contributed by atoms with van der Waals surface area (Å²) in [4.78, 5) is 19.9. The largest absolute Gasteiger partial charge is 0.365 e. The maximum Gasteiger partial charge on any atom is 0.254 e. The Bertz CT molecular complexity index is 974. The number of aryl methyl sites for hydroxylation is 1. The molecule has 0 radical (unpaired) electrons. The number of carbonyl (C=O) groups excluding carboxylic acids is 1. The van der Waals surface area contributed by atoms with Crippen LogP contribution in [0.2, 0.25) is 0 Å². The van der Waals surface area contributed by atoms with Gasteiger partial charge >= 0.3 is 0 Å². The molecule has 0 aliphatic heterocycles. The van der Waals surface area contributed by atoms with Gasteiger partial charge in [0.15, 0.2) is 0 Å². The molecule has 0 aliphatic carbocycles. The molecule has 2 heterocycles. The lowest BCUT2D eigenvalue weighted by Crippen LogP contribution is -2.17. The second-order valence-corrected chi connectivity index (χ2v) is 5.62. The van der Waals surface area contributed by atoms with E-state index in [2.05, 4.69) is 25.7 Å². The van der Waals surface area contributed by atoms with Gasteiger partial charge in [0.25, 0.3) is 5.91 Å². The van der Waals surface area contributed by atoms with E-state index in [0.29, 0.717) is 12.2 Å². The molecule has 3 aromatic rings. The summed E-state index contributed by atoms with van der Waals surface area (Å²) >= 11 is 0. The van der Waals surface area contributed by atoms with Gasteiger partial charge in [0.2, 0.25) is 5.95 Å². The highest BCUT2D eigenvalue weighted by atomic mass is 19.1. The number of amides is 1. The van der Waals surface area contributed by atoms with Crippen LogP contribution in [-0.2, 0) is 13.1 Å². The number of hydrogen-bond acceptors (Lipinski definition) is 6. The molecule has 0 unspecified atom stereocenters. The van der Waals surface area contributed by atoms with E-state index < -0.39 is 17.5 Å². The van der Waals surface area contributed by atoms with Crippen LogP contribution in [0.5, 0.6) is 0 Å². The Morgan fingerprint density at radius 1 is 1.30 bits per heavy atom. The molecule has 8 nitrogen and oxygen atoms in total. The van der Waals surface area contributed by atoms with Gasteiger partial charge in [-0.05, 0) is 13.0 Å². The summed E-state index contributed by atoms with van der Waals surface area (Å²) in [6.45, 7) is 2.64. The number of aromatic nitrogens is 4. The summed E-state index contributed by atoms with van der Waals surface area (Å²) in [6, 6.07) is 3.24. The molecule has 1 amide bonds. The van der Waals surface area contributed by atoms with E-state index in [1.165, 1.54) is 12.3 Å². The van der Waals surface area contributed by atoms with Crippen molar-refractivity contribution >= 4 is 23.4 Å². The Balaban J connectivity index is 1.81. The van der Waals surface area contributed by atoms with Gasteiger partial charge in [-0.1, -0.05) is 6.07 Å². The molecular formula is C17H17F2N7O. The fourth-order valence-electron chi connectivity index (χ4n) is 2.33. The highest BCUT2D eigenvalue weighted by molar-refractivity contribution is 5.97. The number of hydrogen-bond donors (Lipinski definition) is 3. The van der Waals surface area contributed by atoms with Gasteiger partial charge in [-0.2, -0.15) is 10.1 Å². The zero-order valence-corrected chi connectivity index (χ0v) is 14.4. The maximum absolute atomic E-state index is 13.8. The number of benzene rings is 1. The van der Waals surface area contributed by atoms with Crippen molar-refractivity contribution in [2.24, 2.45) is 5.73 Å². The minimum absolute atomic E-state index is 0.0172. The van der Waals surface area contributed by atoms with E-state index in [0.717, 1.165) is 12.1 Å². The van der Waals surface area contributed by atoms with E-state index in [1.807, 2.05) is 6.92 Å². The molecule has 10 heteroatoms. The van der Waals surface area contributed by atoms with Crippen LogP contribution in [0.15, 0.2) is 36.8 Å². The lowest BCUT2D eigenvalue weighted by molar-refractivity contribution is 0.100. The molecule has 1 aromatic carbocycles. The van der Waals surface area contributed by atoms with E-state index >= 15 is 0 Å². The Labute approximate surface area is 153 Å². The van der Waals surface area contributed by atoms with Crippen molar-refractivity contribution in [2.75, 3.05) is 10.6 Å². The first kappa shape index (κ1) is 18.2. The molecule has 0 saturated carbocycles. The summed E-state index contributed by atoms with van der Waals surface area (Å²) in [7, 11) is 0. The van der Waals surface area contributed by atoms with Gasteiger partial charge in [-0.3, -0.25) is 9.48 Å². The van der Waals surface area contributed by atoms with E-state index in [9.17, 15) is 13.6 Å².